The van der Waals surface area contributed by atoms with Crippen molar-refractivity contribution in [2.24, 2.45) is 0 Å². The van der Waals surface area contributed by atoms with Gasteiger partial charge in [0.15, 0.2) is 0 Å². The first-order chi connectivity index (χ1) is 8.77. The van der Waals surface area contributed by atoms with E-state index in [9.17, 15) is 0 Å². The number of benzene rings is 1. The molecule has 0 saturated heterocycles. The van der Waals surface area contributed by atoms with Gasteiger partial charge < -0.3 is 5.32 Å². The number of rotatable bonds is 2. The third-order valence-corrected chi connectivity index (χ3v) is 3.19. The summed E-state index contributed by atoms with van der Waals surface area (Å²) >= 11 is 0. The third-order valence-electron chi connectivity index (χ3n) is 3.19. The maximum absolute atomic E-state index is 3.90. The summed E-state index contributed by atoms with van der Waals surface area (Å²) in [6.07, 6.45) is 3.80. The minimum atomic E-state index is 0.372. The molecule has 1 unspecified atom stereocenters. The number of hydrogen-bond acceptors (Lipinski definition) is 1. The SMILES string of the molecule is C=CC1=C(C=C)C(C)c2ccccc2CN1.CC. The van der Waals surface area contributed by atoms with E-state index in [2.05, 4.69) is 49.7 Å². The van der Waals surface area contributed by atoms with Crippen LogP contribution >= 0.6 is 0 Å². The normalized spacial score (nSPS) is 17.6. The lowest BCUT2D eigenvalue weighted by molar-refractivity contribution is 0.835. The zero-order valence-corrected chi connectivity index (χ0v) is 11.7. The highest BCUT2D eigenvalue weighted by Crippen LogP contribution is 2.31. The van der Waals surface area contributed by atoms with E-state index >= 15 is 0 Å². The average molecular weight is 241 g/mol. The Balaban J connectivity index is 0.000000771. The Hall–Kier alpha value is -1.76. The van der Waals surface area contributed by atoms with Crippen LogP contribution in [0.15, 0.2) is 60.8 Å². The number of allylic oxidation sites excluding steroid dienone is 3. The average Bonchev–Trinajstić information content (AvgIpc) is 2.58. The number of fused-ring (bicyclic) bond motifs is 1. The van der Waals surface area contributed by atoms with Crippen molar-refractivity contribution < 1.29 is 0 Å². The van der Waals surface area contributed by atoms with Crippen molar-refractivity contribution in [3.05, 3.63) is 72.0 Å². The van der Waals surface area contributed by atoms with E-state index in [1.807, 2.05) is 26.0 Å². The Kier molecular flexibility index (Phi) is 5.44. The van der Waals surface area contributed by atoms with E-state index < -0.39 is 0 Å². The van der Waals surface area contributed by atoms with E-state index in [1.54, 1.807) is 0 Å². The molecule has 0 aliphatic carbocycles. The topological polar surface area (TPSA) is 12.0 Å². The van der Waals surface area contributed by atoms with Gasteiger partial charge in [0, 0.05) is 18.2 Å². The summed E-state index contributed by atoms with van der Waals surface area (Å²) in [4.78, 5) is 0. The van der Waals surface area contributed by atoms with Crippen molar-refractivity contribution in [3.8, 4) is 0 Å². The van der Waals surface area contributed by atoms with E-state index in [4.69, 9.17) is 0 Å². The molecule has 0 amide bonds. The molecule has 1 heterocycles. The molecule has 1 heteroatoms. The second-order valence-corrected chi connectivity index (χ2v) is 4.05. The Labute approximate surface area is 111 Å². The van der Waals surface area contributed by atoms with Crippen molar-refractivity contribution in [3.63, 3.8) is 0 Å². The second kappa shape index (κ2) is 6.85. The Morgan fingerprint density at radius 3 is 2.44 bits per heavy atom. The molecule has 0 radical (unpaired) electrons. The molecule has 1 aromatic rings. The molecule has 0 saturated carbocycles. The molecule has 0 aromatic heterocycles. The molecule has 1 nitrogen and oxygen atoms in total. The molecule has 18 heavy (non-hydrogen) atoms. The highest BCUT2D eigenvalue weighted by atomic mass is 14.9. The third kappa shape index (κ3) is 2.73. The first-order valence-corrected chi connectivity index (χ1v) is 6.58. The van der Waals surface area contributed by atoms with Crippen molar-refractivity contribution in [1.82, 2.24) is 5.32 Å². The number of nitrogens with one attached hydrogen (secondary N) is 1. The molecule has 96 valence electrons. The fraction of sp³-hybridized carbons (Fsp3) is 0.294. The molecule has 1 aliphatic rings. The molecule has 2 rings (SSSR count). The van der Waals surface area contributed by atoms with Gasteiger partial charge in [0.25, 0.3) is 0 Å². The lowest BCUT2D eigenvalue weighted by Crippen LogP contribution is -2.11. The van der Waals surface area contributed by atoms with Gasteiger partial charge in [-0.2, -0.15) is 0 Å². The summed E-state index contributed by atoms with van der Waals surface area (Å²) in [5.74, 6) is 0.372. The predicted octanol–water partition coefficient (Wildman–Crippen LogP) is 4.55. The molecule has 1 atom stereocenters. The monoisotopic (exact) mass is 241 g/mol. The summed E-state index contributed by atoms with van der Waals surface area (Å²) in [6, 6.07) is 8.54. The summed E-state index contributed by atoms with van der Waals surface area (Å²) in [6.45, 7) is 14.8. The van der Waals surface area contributed by atoms with Crippen LogP contribution in [0.4, 0.5) is 0 Å². The van der Waals surface area contributed by atoms with Crippen molar-refractivity contribution in [2.45, 2.75) is 33.2 Å². The minimum absolute atomic E-state index is 0.372. The van der Waals surface area contributed by atoms with Gasteiger partial charge in [-0.25, -0.2) is 0 Å². The van der Waals surface area contributed by atoms with Crippen LogP contribution < -0.4 is 5.32 Å². The summed E-state index contributed by atoms with van der Waals surface area (Å²) < 4.78 is 0. The standard InChI is InChI=1S/C15H17N.C2H6/c1-4-13-11(3)14-9-7-6-8-12(14)10-16-15(13)5-2;1-2/h4-9,11,16H,1-2,10H2,3H3;1-2H3. The fourth-order valence-corrected chi connectivity index (χ4v) is 2.29. The van der Waals surface area contributed by atoms with Crippen LogP contribution in [0.1, 0.15) is 37.8 Å². The summed E-state index contributed by atoms with van der Waals surface area (Å²) in [5, 5.41) is 3.41. The van der Waals surface area contributed by atoms with Gasteiger partial charge in [-0.3, -0.25) is 0 Å². The smallest absolute Gasteiger partial charge is 0.0403 e. The van der Waals surface area contributed by atoms with Crippen molar-refractivity contribution >= 4 is 0 Å². The molecule has 0 bridgehead atoms. The van der Waals surface area contributed by atoms with Gasteiger partial charge in [0.05, 0.1) is 0 Å². The van der Waals surface area contributed by atoms with E-state index in [1.165, 1.54) is 16.7 Å². The van der Waals surface area contributed by atoms with Crippen molar-refractivity contribution in [2.75, 3.05) is 0 Å². The molecule has 0 fully saturated rings. The summed E-state index contributed by atoms with van der Waals surface area (Å²) in [7, 11) is 0. The molecular weight excluding hydrogens is 218 g/mol. The Morgan fingerprint density at radius 1 is 1.17 bits per heavy atom. The second-order valence-electron chi connectivity index (χ2n) is 4.05. The largest absolute Gasteiger partial charge is 0.381 e. The van der Waals surface area contributed by atoms with Crippen LogP contribution in [0.25, 0.3) is 0 Å². The van der Waals surface area contributed by atoms with Gasteiger partial charge in [0.2, 0.25) is 0 Å². The highest BCUT2D eigenvalue weighted by Gasteiger charge is 2.18. The Bertz CT molecular complexity index is 454. The van der Waals surface area contributed by atoms with Gasteiger partial charge in [0.1, 0.15) is 0 Å². The van der Waals surface area contributed by atoms with Crippen LogP contribution in [-0.4, -0.2) is 0 Å². The van der Waals surface area contributed by atoms with Crippen LogP contribution in [0.3, 0.4) is 0 Å². The maximum atomic E-state index is 3.90. The molecule has 0 spiro atoms. The van der Waals surface area contributed by atoms with Gasteiger partial charge in [-0.05, 0) is 22.8 Å². The van der Waals surface area contributed by atoms with E-state index in [-0.39, 0.29) is 0 Å². The summed E-state index contributed by atoms with van der Waals surface area (Å²) in [5.41, 5.74) is 5.05. The van der Waals surface area contributed by atoms with Gasteiger partial charge >= 0.3 is 0 Å². The first-order valence-electron chi connectivity index (χ1n) is 6.58. The lowest BCUT2D eigenvalue weighted by Gasteiger charge is -2.14. The lowest BCUT2D eigenvalue weighted by atomic mass is 9.89. The van der Waals surface area contributed by atoms with Gasteiger partial charge in [-0.1, -0.05) is 64.3 Å². The van der Waals surface area contributed by atoms with Crippen molar-refractivity contribution in [1.29, 1.82) is 0 Å². The zero-order chi connectivity index (χ0) is 13.5. The quantitative estimate of drug-likeness (QED) is 0.801. The van der Waals surface area contributed by atoms with Gasteiger partial charge in [-0.15, -0.1) is 0 Å². The van der Waals surface area contributed by atoms with Crippen LogP contribution in [0.2, 0.25) is 0 Å². The maximum Gasteiger partial charge on any atom is 0.0403 e. The highest BCUT2D eigenvalue weighted by molar-refractivity contribution is 5.45. The van der Waals surface area contributed by atoms with E-state index in [0.717, 1.165) is 12.2 Å². The molecule has 1 aromatic carbocycles. The van der Waals surface area contributed by atoms with Crippen LogP contribution in [0.5, 0.6) is 0 Å². The zero-order valence-electron chi connectivity index (χ0n) is 11.7. The number of hydrogen-bond donors (Lipinski definition) is 1. The van der Waals surface area contributed by atoms with Crippen LogP contribution in [-0.2, 0) is 6.54 Å². The molecule has 1 N–H and O–H groups in total. The van der Waals surface area contributed by atoms with E-state index in [0.29, 0.717) is 5.92 Å². The Morgan fingerprint density at radius 2 is 1.83 bits per heavy atom. The predicted molar refractivity (Wildman–Crippen MR) is 80.5 cm³/mol. The minimum Gasteiger partial charge on any atom is -0.381 e. The van der Waals surface area contributed by atoms with Crippen LogP contribution in [0, 0.1) is 0 Å². The first kappa shape index (κ1) is 14.3. The molecule has 1 aliphatic heterocycles. The fourth-order valence-electron chi connectivity index (χ4n) is 2.29. The molecular formula is C17H23N.